The van der Waals surface area contributed by atoms with E-state index in [1.165, 1.54) is 0 Å². The molecular weight excluding hydrogens is 105 g/mol. The molecule has 0 spiro atoms. The molecule has 0 aliphatic carbocycles. The molecule has 0 aliphatic rings. The molecule has 0 saturated carbocycles. The number of aromatic amines is 1. The second kappa shape index (κ2) is 2.95. The molecule has 0 radical (unpaired) electrons. The fourth-order valence-corrected chi connectivity index (χ4v) is 0.170. The van der Waals surface area contributed by atoms with Crippen LogP contribution in [-0.4, -0.2) is 20.6 Å². The van der Waals surface area contributed by atoms with Crippen LogP contribution in [-0.2, 0) is 0 Å². The van der Waals surface area contributed by atoms with Crippen LogP contribution in [0, 0.1) is 0 Å². The Morgan fingerprint density at radius 2 is 2.29 bits per heavy atom. The minimum absolute atomic E-state index is 0. The fraction of sp³-hybridized carbons (Fsp3) is 0. The van der Waals surface area contributed by atoms with Gasteiger partial charge in [-0.15, -0.1) is 5.10 Å². The van der Waals surface area contributed by atoms with Crippen LogP contribution in [0.25, 0.3) is 0 Å². The van der Waals surface area contributed by atoms with E-state index in [0.29, 0.717) is 0 Å². The first-order valence-electron chi connectivity index (χ1n) is 1.38. The first-order valence-corrected chi connectivity index (χ1v) is 1.38. The topological polar surface area (TPSA) is 80.5 Å². The third-order valence-electron chi connectivity index (χ3n) is 0.362. The Morgan fingerprint density at radius 1 is 1.57 bits per heavy atom. The van der Waals surface area contributed by atoms with Gasteiger partial charge in [-0.3, -0.25) is 0 Å². The van der Waals surface area contributed by atoms with Gasteiger partial charge < -0.3 is 5.73 Å². The zero-order chi connectivity index (χ0) is 4.41. The maximum Gasteiger partial charge on any atom is 1.00 e. The minimum Gasteiger partial charge on any atom is -0.365 e. The number of nitrogens with one attached hydrogen (secondary N) is 1. The van der Waals surface area contributed by atoms with Crippen LogP contribution in [0.5, 0.6) is 0 Å². The van der Waals surface area contributed by atoms with Gasteiger partial charge in [-0.2, -0.15) is 5.21 Å². The molecule has 0 unspecified atom stereocenters. The molecule has 5 nitrogen and oxygen atoms in total. The van der Waals surface area contributed by atoms with Crippen molar-refractivity contribution in [2.24, 2.45) is 0 Å². The van der Waals surface area contributed by atoms with E-state index in [1.54, 1.807) is 0 Å². The first kappa shape index (κ1) is 6.87. The van der Waals surface area contributed by atoms with Gasteiger partial charge in [-0.05, 0) is 5.21 Å². The molecule has 1 heterocycles. The standard InChI is InChI=1S/CH3N5.Na/c2-1-3-5-6-4-1;/h(H3,2,3,4,5,6);/q;+1. The Labute approximate surface area is 62.0 Å². The molecule has 1 aromatic heterocycles. The Kier molecular flexibility index (Phi) is 2.89. The maximum absolute atomic E-state index is 4.96. The molecule has 0 saturated heterocycles. The van der Waals surface area contributed by atoms with E-state index in [9.17, 15) is 0 Å². The van der Waals surface area contributed by atoms with E-state index in [1.807, 2.05) is 0 Å². The van der Waals surface area contributed by atoms with E-state index in [2.05, 4.69) is 20.6 Å². The zero-order valence-corrected chi connectivity index (χ0v) is 5.92. The quantitative estimate of drug-likeness (QED) is 0.330. The molecule has 0 aromatic carbocycles. The molecule has 0 bridgehead atoms. The Hall–Kier alpha value is -0.130. The number of anilines is 1. The minimum atomic E-state index is 0. The van der Waals surface area contributed by atoms with Gasteiger partial charge in [0.15, 0.2) is 0 Å². The summed E-state index contributed by atoms with van der Waals surface area (Å²) in [5.74, 6) is 0.176. The molecule has 1 aromatic rings. The van der Waals surface area contributed by atoms with Gasteiger partial charge in [0.25, 0.3) is 5.95 Å². The molecule has 32 valence electrons. The number of hydrogen-bond acceptors (Lipinski definition) is 4. The maximum atomic E-state index is 4.96. The Balaban J connectivity index is 0.000000360. The summed E-state index contributed by atoms with van der Waals surface area (Å²) in [6.07, 6.45) is 0. The second-order valence-corrected chi connectivity index (χ2v) is 0.770. The van der Waals surface area contributed by atoms with Crippen molar-refractivity contribution >= 4 is 5.95 Å². The van der Waals surface area contributed by atoms with E-state index in [0.717, 1.165) is 0 Å². The predicted octanol–water partition coefficient (Wildman–Crippen LogP) is -4.21. The van der Waals surface area contributed by atoms with Crippen molar-refractivity contribution in [3.05, 3.63) is 0 Å². The van der Waals surface area contributed by atoms with Gasteiger partial charge in [0, 0.05) is 0 Å². The third kappa shape index (κ3) is 1.86. The van der Waals surface area contributed by atoms with Gasteiger partial charge in [0.05, 0.1) is 0 Å². The molecule has 6 heteroatoms. The van der Waals surface area contributed by atoms with E-state index in [-0.39, 0.29) is 35.5 Å². The van der Waals surface area contributed by atoms with Crippen molar-refractivity contribution in [3.63, 3.8) is 0 Å². The summed E-state index contributed by atoms with van der Waals surface area (Å²) in [7, 11) is 0. The normalized spacial score (nSPS) is 7.43. The first-order chi connectivity index (χ1) is 2.89. The van der Waals surface area contributed by atoms with E-state index >= 15 is 0 Å². The summed E-state index contributed by atoms with van der Waals surface area (Å²) in [5, 5.41) is 12.0. The SMILES string of the molecule is Nc1nn[nH]n1.[Na+]. The number of tetrazole rings is 1. The monoisotopic (exact) mass is 108 g/mol. The summed E-state index contributed by atoms with van der Waals surface area (Å²) in [6, 6.07) is 0. The number of H-pyrrole nitrogens is 1. The molecule has 0 atom stereocenters. The molecule has 0 amide bonds. The van der Waals surface area contributed by atoms with Gasteiger partial charge in [0.1, 0.15) is 0 Å². The summed E-state index contributed by atoms with van der Waals surface area (Å²) >= 11 is 0. The molecule has 7 heavy (non-hydrogen) atoms. The van der Waals surface area contributed by atoms with Gasteiger partial charge in [0.2, 0.25) is 0 Å². The van der Waals surface area contributed by atoms with E-state index < -0.39 is 0 Å². The summed E-state index contributed by atoms with van der Waals surface area (Å²) in [5.41, 5.74) is 4.96. The van der Waals surface area contributed by atoms with Crippen molar-refractivity contribution in [1.29, 1.82) is 0 Å². The molecule has 0 aliphatic heterocycles. The largest absolute Gasteiger partial charge is 1.00 e. The Morgan fingerprint density at radius 3 is 2.43 bits per heavy atom. The van der Waals surface area contributed by atoms with Crippen LogP contribution in [0.4, 0.5) is 5.95 Å². The number of nitrogen functional groups attached to an aromatic ring is 1. The number of aromatic nitrogens is 4. The number of nitrogens with zero attached hydrogens (tertiary/aromatic N) is 3. The van der Waals surface area contributed by atoms with Crippen molar-refractivity contribution in [2.45, 2.75) is 0 Å². The van der Waals surface area contributed by atoms with E-state index in [4.69, 9.17) is 5.73 Å². The summed E-state index contributed by atoms with van der Waals surface area (Å²) in [6.45, 7) is 0. The average Bonchev–Trinajstić information content (AvgIpc) is 1.86. The van der Waals surface area contributed by atoms with Gasteiger partial charge >= 0.3 is 29.6 Å². The number of nitrogens with two attached hydrogens (primary N) is 1. The van der Waals surface area contributed by atoms with Crippen LogP contribution in [0.1, 0.15) is 0 Å². The smallest absolute Gasteiger partial charge is 0.365 e. The van der Waals surface area contributed by atoms with Crippen molar-refractivity contribution < 1.29 is 29.6 Å². The summed E-state index contributed by atoms with van der Waals surface area (Å²) in [4.78, 5) is 0. The second-order valence-electron chi connectivity index (χ2n) is 0.770. The van der Waals surface area contributed by atoms with Crippen LogP contribution in [0.3, 0.4) is 0 Å². The third-order valence-corrected chi connectivity index (χ3v) is 0.362. The van der Waals surface area contributed by atoms with Crippen LogP contribution in [0.15, 0.2) is 0 Å². The zero-order valence-electron chi connectivity index (χ0n) is 3.92. The number of hydrogen-bond donors (Lipinski definition) is 2. The fourth-order valence-electron chi connectivity index (χ4n) is 0.170. The Bertz CT molecular complexity index is 112. The number of rotatable bonds is 0. The predicted molar refractivity (Wildman–Crippen MR) is 18.6 cm³/mol. The average molecular weight is 108 g/mol. The van der Waals surface area contributed by atoms with Gasteiger partial charge in [-0.25, -0.2) is 0 Å². The van der Waals surface area contributed by atoms with Gasteiger partial charge in [-0.1, -0.05) is 5.10 Å². The molecule has 3 N–H and O–H groups in total. The summed E-state index contributed by atoms with van der Waals surface area (Å²) < 4.78 is 0. The van der Waals surface area contributed by atoms with Crippen molar-refractivity contribution in [1.82, 2.24) is 20.6 Å². The van der Waals surface area contributed by atoms with Crippen molar-refractivity contribution in [3.8, 4) is 0 Å². The van der Waals surface area contributed by atoms with Crippen LogP contribution < -0.4 is 35.3 Å². The molecule has 0 fully saturated rings. The van der Waals surface area contributed by atoms with Crippen LogP contribution in [0.2, 0.25) is 0 Å². The van der Waals surface area contributed by atoms with Crippen molar-refractivity contribution in [2.75, 3.05) is 5.73 Å². The molecule has 1 rings (SSSR count). The molecular formula is CH3N5Na+. The van der Waals surface area contributed by atoms with Crippen LogP contribution >= 0.6 is 0 Å².